The summed E-state index contributed by atoms with van der Waals surface area (Å²) in [4.78, 5) is 12.4. The van der Waals surface area contributed by atoms with Gasteiger partial charge < -0.3 is 10.8 Å². The number of hydrogen-bond donors (Lipinski definition) is 2. The van der Waals surface area contributed by atoms with Gasteiger partial charge in [0, 0.05) is 11.3 Å². The van der Waals surface area contributed by atoms with Crippen molar-refractivity contribution in [1.29, 1.82) is 0 Å². The van der Waals surface area contributed by atoms with Crippen LogP contribution in [0.15, 0.2) is 5.11 Å². The lowest BCUT2D eigenvalue weighted by molar-refractivity contribution is -0.139. The number of carboxylic acid groups (broad SMARTS) is 1. The molecule has 0 aromatic heterocycles. The molecule has 0 radical (unpaired) electrons. The third-order valence-corrected chi connectivity index (χ3v) is 1.17. The first-order valence-corrected chi connectivity index (χ1v) is 3.21. The van der Waals surface area contributed by atoms with Crippen LogP contribution in [-0.2, 0) is 4.79 Å². The summed E-state index contributed by atoms with van der Waals surface area (Å²) >= 11 is 0. The van der Waals surface area contributed by atoms with Gasteiger partial charge in [-0.1, -0.05) is 5.11 Å². The summed E-state index contributed by atoms with van der Waals surface area (Å²) in [7, 11) is 0. The summed E-state index contributed by atoms with van der Waals surface area (Å²) in [6.07, 6.45) is -1.83. The molecule has 3 N–H and O–H groups in total. The van der Waals surface area contributed by atoms with Crippen molar-refractivity contribution in [1.82, 2.24) is 0 Å². The van der Waals surface area contributed by atoms with Crippen LogP contribution >= 0.6 is 0 Å². The summed E-state index contributed by atoms with van der Waals surface area (Å²) in [6.45, 7) is -0.377. The van der Waals surface area contributed by atoms with Crippen LogP contribution in [0.4, 0.5) is 4.39 Å². The summed E-state index contributed by atoms with van der Waals surface area (Å²) < 4.78 is 12.6. The second-order valence-corrected chi connectivity index (χ2v) is 2.19. The Hall–Kier alpha value is -1.33. The van der Waals surface area contributed by atoms with Crippen molar-refractivity contribution >= 4 is 5.97 Å². The molecular weight excluding hydrogens is 167 g/mol. The van der Waals surface area contributed by atoms with Crippen molar-refractivity contribution in [2.45, 2.75) is 18.6 Å². The number of rotatable bonds is 5. The molecule has 68 valence electrons. The van der Waals surface area contributed by atoms with Gasteiger partial charge in [-0.05, 0) is 5.53 Å². The lowest BCUT2D eigenvalue weighted by Gasteiger charge is -2.07. The summed E-state index contributed by atoms with van der Waals surface area (Å²) in [6, 6.07) is -1.24. The molecular formula is C5H9FN4O2. The number of nitrogens with zero attached hydrogens (tertiary/aromatic N) is 3. The Balaban J connectivity index is 3.75. The van der Waals surface area contributed by atoms with Crippen molar-refractivity contribution in [2.75, 3.05) is 6.54 Å². The average molecular weight is 176 g/mol. The lowest BCUT2D eigenvalue weighted by atomic mass is 10.1. The number of hydrogen-bond acceptors (Lipinski definition) is 3. The van der Waals surface area contributed by atoms with Gasteiger partial charge in [0.1, 0.15) is 12.2 Å². The summed E-state index contributed by atoms with van der Waals surface area (Å²) in [5.74, 6) is -1.27. The van der Waals surface area contributed by atoms with E-state index in [4.69, 9.17) is 16.4 Å². The standard InChI is InChI=1S/C5H9FN4O2/c6-3(2-9-10-8)1-4(7)5(11)12/h3-4H,1-2,7H2,(H,11,12)/t3-,4-/m0/s1. The minimum Gasteiger partial charge on any atom is -0.480 e. The third-order valence-electron chi connectivity index (χ3n) is 1.17. The van der Waals surface area contributed by atoms with Gasteiger partial charge in [-0.25, -0.2) is 4.39 Å². The van der Waals surface area contributed by atoms with Gasteiger partial charge in [0.25, 0.3) is 0 Å². The highest BCUT2D eigenvalue weighted by Crippen LogP contribution is 2.01. The molecule has 0 aromatic rings. The zero-order valence-electron chi connectivity index (χ0n) is 6.22. The molecule has 0 aliphatic heterocycles. The predicted octanol–water partition coefficient (Wildman–Crippen LogP) is 0.437. The fraction of sp³-hybridized carbons (Fsp3) is 0.800. The zero-order chi connectivity index (χ0) is 9.56. The molecule has 2 atom stereocenters. The van der Waals surface area contributed by atoms with E-state index in [1.165, 1.54) is 0 Å². The zero-order valence-corrected chi connectivity index (χ0v) is 6.22. The Morgan fingerprint density at radius 1 is 1.83 bits per heavy atom. The van der Waals surface area contributed by atoms with Gasteiger partial charge in [-0.2, -0.15) is 0 Å². The fourth-order valence-electron chi connectivity index (χ4n) is 0.576. The van der Waals surface area contributed by atoms with Crippen LogP contribution in [0.3, 0.4) is 0 Å². The van der Waals surface area contributed by atoms with E-state index >= 15 is 0 Å². The molecule has 0 spiro atoms. The predicted molar refractivity (Wildman–Crippen MR) is 39.1 cm³/mol. The van der Waals surface area contributed by atoms with Crippen molar-refractivity contribution in [3.8, 4) is 0 Å². The van der Waals surface area contributed by atoms with Crippen LogP contribution in [0.25, 0.3) is 10.4 Å². The van der Waals surface area contributed by atoms with E-state index in [1.807, 2.05) is 0 Å². The van der Waals surface area contributed by atoms with Crippen molar-refractivity contribution in [3.05, 3.63) is 10.4 Å². The quantitative estimate of drug-likeness (QED) is 0.360. The van der Waals surface area contributed by atoms with Crippen LogP contribution in [-0.4, -0.2) is 29.8 Å². The number of aliphatic carboxylic acids is 1. The maximum Gasteiger partial charge on any atom is 0.320 e. The number of carbonyl (C=O) groups is 1. The van der Waals surface area contributed by atoms with Gasteiger partial charge in [0.05, 0.1) is 6.54 Å². The number of azide groups is 1. The van der Waals surface area contributed by atoms with Gasteiger partial charge in [0.2, 0.25) is 0 Å². The summed E-state index contributed by atoms with van der Waals surface area (Å²) in [5, 5.41) is 11.2. The maximum absolute atomic E-state index is 12.6. The molecule has 0 fully saturated rings. The molecule has 0 unspecified atom stereocenters. The number of nitrogens with two attached hydrogens (primary N) is 1. The first kappa shape index (κ1) is 10.7. The Bertz CT molecular complexity index is 204. The lowest BCUT2D eigenvalue weighted by Crippen LogP contribution is -2.33. The number of halogens is 1. The normalized spacial score (nSPS) is 14.5. The third kappa shape index (κ3) is 4.48. The number of alkyl halides is 1. The Morgan fingerprint density at radius 3 is 2.83 bits per heavy atom. The fourth-order valence-corrected chi connectivity index (χ4v) is 0.576. The van der Waals surface area contributed by atoms with Crippen LogP contribution in [0, 0.1) is 0 Å². The molecule has 0 aromatic carbocycles. The van der Waals surface area contributed by atoms with E-state index in [2.05, 4.69) is 10.0 Å². The highest BCUT2D eigenvalue weighted by atomic mass is 19.1. The van der Waals surface area contributed by atoms with E-state index in [9.17, 15) is 9.18 Å². The first-order valence-electron chi connectivity index (χ1n) is 3.21. The van der Waals surface area contributed by atoms with Crippen molar-refractivity contribution in [2.24, 2.45) is 10.8 Å². The largest absolute Gasteiger partial charge is 0.480 e. The van der Waals surface area contributed by atoms with Gasteiger partial charge in [-0.15, -0.1) is 0 Å². The van der Waals surface area contributed by atoms with E-state index in [-0.39, 0.29) is 13.0 Å². The molecule has 0 aliphatic carbocycles. The minimum atomic E-state index is -1.49. The van der Waals surface area contributed by atoms with Crippen LogP contribution in [0.5, 0.6) is 0 Å². The van der Waals surface area contributed by atoms with E-state index in [0.717, 1.165) is 0 Å². The van der Waals surface area contributed by atoms with Gasteiger partial charge >= 0.3 is 5.97 Å². The summed E-state index contributed by atoms with van der Waals surface area (Å²) in [5.41, 5.74) is 12.8. The highest BCUT2D eigenvalue weighted by Gasteiger charge is 2.17. The van der Waals surface area contributed by atoms with Gasteiger partial charge in [0.15, 0.2) is 0 Å². The monoisotopic (exact) mass is 176 g/mol. The smallest absolute Gasteiger partial charge is 0.320 e. The molecule has 0 amide bonds. The van der Waals surface area contributed by atoms with Gasteiger partial charge in [-0.3, -0.25) is 4.79 Å². The molecule has 6 nitrogen and oxygen atoms in total. The molecule has 0 saturated carbocycles. The van der Waals surface area contributed by atoms with Crippen LogP contribution in [0.2, 0.25) is 0 Å². The number of carboxylic acids is 1. The van der Waals surface area contributed by atoms with Crippen LogP contribution in [0.1, 0.15) is 6.42 Å². The SMILES string of the molecule is [N-]=[N+]=NC[C@@H](F)C[C@H](N)C(=O)O. The molecule has 0 rings (SSSR count). The van der Waals surface area contributed by atoms with Crippen molar-refractivity contribution < 1.29 is 14.3 Å². The second kappa shape index (κ2) is 5.34. The Kier molecular flexibility index (Phi) is 4.75. The minimum absolute atomic E-state index is 0.339. The highest BCUT2D eigenvalue weighted by molar-refractivity contribution is 5.73. The molecule has 0 bridgehead atoms. The molecule has 0 aliphatic rings. The topological polar surface area (TPSA) is 112 Å². The average Bonchev–Trinajstić information content (AvgIpc) is 2.00. The van der Waals surface area contributed by atoms with E-state index < -0.39 is 18.2 Å². The molecule has 12 heavy (non-hydrogen) atoms. The second-order valence-electron chi connectivity index (χ2n) is 2.19. The Labute approximate surface area is 67.8 Å². The van der Waals surface area contributed by atoms with Crippen LogP contribution < -0.4 is 5.73 Å². The molecule has 0 heterocycles. The van der Waals surface area contributed by atoms with E-state index in [1.54, 1.807) is 0 Å². The Morgan fingerprint density at radius 2 is 2.42 bits per heavy atom. The van der Waals surface area contributed by atoms with E-state index in [0.29, 0.717) is 0 Å². The molecule has 7 heteroatoms. The first-order chi connectivity index (χ1) is 5.57. The van der Waals surface area contributed by atoms with Crippen molar-refractivity contribution in [3.63, 3.8) is 0 Å². The molecule has 0 saturated heterocycles. The maximum atomic E-state index is 12.6.